The van der Waals surface area contributed by atoms with Crippen molar-refractivity contribution >= 4 is 15.7 Å². The molecule has 1 aromatic carbocycles. The van der Waals surface area contributed by atoms with Gasteiger partial charge in [-0.2, -0.15) is 4.98 Å². The summed E-state index contributed by atoms with van der Waals surface area (Å²) in [5, 5.41) is 3.57. The monoisotopic (exact) mass is 298 g/mol. The lowest BCUT2D eigenvalue weighted by molar-refractivity contribution is 0.372. The van der Waals surface area contributed by atoms with E-state index in [1.807, 2.05) is 0 Å². The minimum atomic E-state index is -3.71. The van der Waals surface area contributed by atoms with Gasteiger partial charge < -0.3 is 15.0 Å². The second kappa shape index (κ2) is 5.47. The average Bonchev–Trinajstić information content (AvgIpc) is 2.82. The number of aryl methyl sites for hydroxylation is 1. The molecule has 0 aliphatic rings. The summed E-state index contributed by atoms with van der Waals surface area (Å²) in [4.78, 5) is 3.94. The zero-order valence-corrected chi connectivity index (χ0v) is 11.8. The van der Waals surface area contributed by atoms with Gasteiger partial charge in [-0.05, 0) is 25.1 Å². The number of nitrogens with two attached hydrogens (primary N) is 1. The van der Waals surface area contributed by atoms with Crippen LogP contribution in [0.3, 0.4) is 0 Å². The SMILES string of the molecule is COc1ccc(S(=O)(=O)NCc2nc(C)no2)cc1N. The van der Waals surface area contributed by atoms with Gasteiger partial charge in [0.15, 0.2) is 5.82 Å². The second-order valence-electron chi connectivity index (χ2n) is 3.96. The third-order valence-corrected chi connectivity index (χ3v) is 3.89. The second-order valence-corrected chi connectivity index (χ2v) is 5.73. The molecule has 3 N–H and O–H groups in total. The first-order chi connectivity index (χ1) is 9.42. The molecule has 0 radical (unpaired) electrons. The Kier molecular flexibility index (Phi) is 3.91. The number of hydrogen-bond donors (Lipinski definition) is 2. The third kappa shape index (κ3) is 3.06. The van der Waals surface area contributed by atoms with E-state index in [-0.39, 0.29) is 23.0 Å². The van der Waals surface area contributed by atoms with E-state index >= 15 is 0 Å². The summed E-state index contributed by atoms with van der Waals surface area (Å²) < 4.78 is 36.3. The number of nitrogen functional groups attached to an aromatic ring is 1. The summed E-state index contributed by atoms with van der Waals surface area (Å²) in [6.07, 6.45) is 0. The molecule has 0 unspecified atom stereocenters. The van der Waals surface area contributed by atoms with E-state index < -0.39 is 10.0 Å². The molecule has 108 valence electrons. The zero-order valence-electron chi connectivity index (χ0n) is 11.0. The lowest BCUT2D eigenvalue weighted by atomic mass is 10.3. The van der Waals surface area contributed by atoms with Gasteiger partial charge in [-0.25, -0.2) is 13.1 Å². The molecule has 0 amide bonds. The van der Waals surface area contributed by atoms with Crippen LogP contribution in [0.2, 0.25) is 0 Å². The Labute approximate surface area is 116 Å². The summed E-state index contributed by atoms with van der Waals surface area (Å²) in [5.41, 5.74) is 5.92. The molecule has 0 aliphatic carbocycles. The van der Waals surface area contributed by atoms with Crippen molar-refractivity contribution in [2.75, 3.05) is 12.8 Å². The molecule has 0 bridgehead atoms. The highest BCUT2D eigenvalue weighted by Gasteiger charge is 2.17. The fourth-order valence-corrected chi connectivity index (χ4v) is 2.54. The molecule has 2 aromatic rings. The number of methoxy groups -OCH3 is 1. The van der Waals surface area contributed by atoms with Crippen LogP contribution in [-0.2, 0) is 16.6 Å². The Bertz CT molecular complexity index is 711. The fraction of sp³-hybridized carbons (Fsp3) is 0.273. The molecular formula is C11H14N4O4S. The topological polar surface area (TPSA) is 120 Å². The number of hydrogen-bond acceptors (Lipinski definition) is 7. The van der Waals surface area contributed by atoms with Gasteiger partial charge in [0.25, 0.3) is 0 Å². The maximum Gasteiger partial charge on any atom is 0.241 e. The molecular weight excluding hydrogens is 284 g/mol. The number of ether oxygens (including phenoxy) is 1. The summed E-state index contributed by atoms with van der Waals surface area (Å²) in [7, 11) is -2.26. The molecule has 9 heteroatoms. The third-order valence-electron chi connectivity index (χ3n) is 2.49. The van der Waals surface area contributed by atoms with Gasteiger partial charge in [0.1, 0.15) is 5.75 Å². The van der Waals surface area contributed by atoms with E-state index in [0.717, 1.165) is 0 Å². The first kappa shape index (κ1) is 14.3. The van der Waals surface area contributed by atoms with Crippen LogP contribution in [0.4, 0.5) is 5.69 Å². The number of sulfonamides is 1. The first-order valence-electron chi connectivity index (χ1n) is 5.65. The molecule has 0 atom stereocenters. The van der Waals surface area contributed by atoms with Crippen molar-refractivity contribution in [3.05, 3.63) is 29.9 Å². The Balaban J connectivity index is 2.15. The van der Waals surface area contributed by atoms with Crippen LogP contribution < -0.4 is 15.2 Å². The molecule has 20 heavy (non-hydrogen) atoms. The molecule has 0 aliphatic heterocycles. The van der Waals surface area contributed by atoms with Crippen LogP contribution in [0.25, 0.3) is 0 Å². The predicted octanol–water partition coefficient (Wildman–Crippen LogP) is 0.447. The summed E-state index contributed by atoms with van der Waals surface area (Å²) in [6, 6.07) is 4.21. The Morgan fingerprint density at radius 3 is 2.75 bits per heavy atom. The van der Waals surface area contributed by atoms with Crippen molar-refractivity contribution in [1.82, 2.24) is 14.9 Å². The van der Waals surface area contributed by atoms with E-state index in [2.05, 4.69) is 14.9 Å². The summed E-state index contributed by atoms with van der Waals surface area (Å²) in [5.74, 6) is 1.04. The maximum atomic E-state index is 12.1. The lowest BCUT2D eigenvalue weighted by Crippen LogP contribution is -2.23. The van der Waals surface area contributed by atoms with Crippen LogP contribution in [0.15, 0.2) is 27.6 Å². The highest BCUT2D eigenvalue weighted by Crippen LogP contribution is 2.24. The summed E-state index contributed by atoms with van der Waals surface area (Å²) in [6.45, 7) is 1.56. The van der Waals surface area contributed by atoms with Gasteiger partial charge in [0.05, 0.1) is 24.2 Å². The number of aromatic nitrogens is 2. The van der Waals surface area contributed by atoms with Crippen molar-refractivity contribution < 1.29 is 17.7 Å². The highest BCUT2D eigenvalue weighted by atomic mass is 32.2. The Morgan fingerprint density at radius 1 is 1.45 bits per heavy atom. The van der Waals surface area contributed by atoms with Gasteiger partial charge in [0.2, 0.25) is 15.9 Å². The van der Waals surface area contributed by atoms with Crippen LogP contribution in [0.5, 0.6) is 5.75 Å². The molecule has 0 saturated heterocycles. The number of benzene rings is 1. The van der Waals surface area contributed by atoms with Crippen molar-refractivity contribution in [3.63, 3.8) is 0 Å². The summed E-state index contributed by atoms with van der Waals surface area (Å²) >= 11 is 0. The minimum absolute atomic E-state index is 0.0343. The van der Waals surface area contributed by atoms with Crippen LogP contribution in [-0.4, -0.2) is 25.7 Å². The lowest BCUT2D eigenvalue weighted by Gasteiger charge is -2.08. The van der Waals surface area contributed by atoms with Crippen LogP contribution in [0.1, 0.15) is 11.7 Å². The molecule has 1 heterocycles. The van der Waals surface area contributed by atoms with Crippen molar-refractivity contribution in [2.45, 2.75) is 18.4 Å². The standard InChI is InChI=1S/C11H14N4O4S/c1-7-14-11(19-15-7)6-13-20(16,17)8-3-4-10(18-2)9(12)5-8/h3-5,13H,6,12H2,1-2H3. The van der Waals surface area contributed by atoms with Crippen molar-refractivity contribution in [2.24, 2.45) is 0 Å². The van der Waals surface area contributed by atoms with Gasteiger partial charge in [-0.15, -0.1) is 0 Å². The number of nitrogens with one attached hydrogen (secondary N) is 1. The number of nitrogens with zero attached hydrogens (tertiary/aromatic N) is 2. The fourth-order valence-electron chi connectivity index (χ4n) is 1.53. The number of rotatable bonds is 5. The Morgan fingerprint density at radius 2 is 2.20 bits per heavy atom. The van der Waals surface area contributed by atoms with Gasteiger partial charge in [-0.3, -0.25) is 0 Å². The van der Waals surface area contributed by atoms with E-state index in [1.165, 1.54) is 25.3 Å². The van der Waals surface area contributed by atoms with Gasteiger partial charge in [0, 0.05) is 0 Å². The largest absolute Gasteiger partial charge is 0.495 e. The molecule has 0 saturated carbocycles. The van der Waals surface area contributed by atoms with Crippen LogP contribution in [0, 0.1) is 6.92 Å². The first-order valence-corrected chi connectivity index (χ1v) is 7.13. The van der Waals surface area contributed by atoms with Gasteiger partial charge in [-0.1, -0.05) is 5.16 Å². The predicted molar refractivity (Wildman–Crippen MR) is 70.5 cm³/mol. The smallest absolute Gasteiger partial charge is 0.241 e. The molecule has 0 spiro atoms. The molecule has 2 rings (SSSR count). The van der Waals surface area contributed by atoms with E-state index in [9.17, 15) is 8.42 Å². The quantitative estimate of drug-likeness (QED) is 0.768. The van der Waals surface area contributed by atoms with Gasteiger partial charge >= 0.3 is 0 Å². The van der Waals surface area contributed by atoms with Crippen LogP contribution >= 0.6 is 0 Å². The van der Waals surface area contributed by atoms with E-state index in [4.69, 9.17) is 15.0 Å². The van der Waals surface area contributed by atoms with E-state index in [1.54, 1.807) is 6.92 Å². The average molecular weight is 298 g/mol. The molecule has 1 aromatic heterocycles. The Hall–Kier alpha value is -2.13. The number of anilines is 1. The highest BCUT2D eigenvalue weighted by molar-refractivity contribution is 7.89. The molecule has 0 fully saturated rings. The van der Waals surface area contributed by atoms with Crippen molar-refractivity contribution in [3.8, 4) is 5.75 Å². The minimum Gasteiger partial charge on any atom is -0.495 e. The van der Waals surface area contributed by atoms with Crippen molar-refractivity contribution in [1.29, 1.82) is 0 Å². The molecule has 8 nitrogen and oxygen atoms in total. The zero-order chi connectivity index (χ0) is 14.8. The maximum absolute atomic E-state index is 12.1. The normalized spacial score (nSPS) is 11.5. The van der Waals surface area contributed by atoms with E-state index in [0.29, 0.717) is 11.6 Å².